The zero-order valence-electron chi connectivity index (χ0n) is 18.0. The van der Waals surface area contributed by atoms with Crippen molar-refractivity contribution in [3.63, 3.8) is 0 Å². The first-order valence-electron chi connectivity index (χ1n) is 11.7. The van der Waals surface area contributed by atoms with Crippen molar-refractivity contribution in [2.24, 2.45) is 17.8 Å². The molecule has 0 heterocycles. The van der Waals surface area contributed by atoms with Crippen molar-refractivity contribution in [3.05, 3.63) is 60.2 Å². The first-order valence-corrected chi connectivity index (χ1v) is 11.7. The largest absolute Gasteiger partial charge is 0.376 e. The summed E-state index contributed by atoms with van der Waals surface area (Å²) < 4.78 is 5.75. The maximum absolute atomic E-state index is 5.75. The molecule has 28 heavy (non-hydrogen) atoms. The minimum Gasteiger partial charge on any atom is -0.376 e. The van der Waals surface area contributed by atoms with Gasteiger partial charge in [-0.05, 0) is 106 Å². The van der Waals surface area contributed by atoms with Crippen molar-refractivity contribution in [3.8, 4) is 0 Å². The lowest BCUT2D eigenvalue weighted by atomic mass is 9.68. The van der Waals surface area contributed by atoms with Crippen molar-refractivity contribution < 1.29 is 4.74 Å². The molecule has 0 spiro atoms. The molecule has 0 atom stereocenters. The summed E-state index contributed by atoms with van der Waals surface area (Å²) in [7, 11) is 0. The Morgan fingerprint density at radius 1 is 0.929 bits per heavy atom. The van der Waals surface area contributed by atoms with E-state index in [0.717, 1.165) is 43.3 Å². The molecular weight excluding hydrogens is 340 g/mol. The van der Waals surface area contributed by atoms with Crippen LogP contribution in [0.15, 0.2) is 49.1 Å². The molecule has 2 saturated carbocycles. The van der Waals surface area contributed by atoms with Gasteiger partial charge in [-0.2, -0.15) is 0 Å². The van der Waals surface area contributed by atoms with Crippen LogP contribution in [0, 0.1) is 17.8 Å². The number of rotatable bonds is 9. The fraction of sp³-hybridized carbons (Fsp3) is 0.630. The highest BCUT2D eigenvalue weighted by atomic mass is 16.5. The van der Waals surface area contributed by atoms with E-state index >= 15 is 0 Å². The average Bonchev–Trinajstić information content (AvgIpc) is 2.75. The normalized spacial score (nSPS) is 28.5. The summed E-state index contributed by atoms with van der Waals surface area (Å²) in [5, 5.41) is 0. The van der Waals surface area contributed by atoms with Gasteiger partial charge in [0.15, 0.2) is 0 Å². The van der Waals surface area contributed by atoms with Gasteiger partial charge in [0, 0.05) is 0 Å². The molecule has 3 rings (SSSR count). The lowest BCUT2D eigenvalue weighted by molar-refractivity contribution is 0.125. The topological polar surface area (TPSA) is 9.23 Å². The Hall–Kier alpha value is -1.34. The third-order valence-corrected chi connectivity index (χ3v) is 7.21. The monoisotopic (exact) mass is 380 g/mol. The summed E-state index contributed by atoms with van der Waals surface area (Å²) in [6, 6.07) is 9.27. The average molecular weight is 381 g/mol. The summed E-state index contributed by atoms with van der Waals surface area (Å²) in [5.41, 5.74) is 2.85. The predicted molar refractivity (Wildman–Crippen MR) is 120 cm³/mol. The molecule has 0 radical (unpaired) electrons. The molecule has 0 unspecified atom stereocenters. The van der Waals surface area contributed by atoms with E-state index in [-0.39, 0.29) is 0 Å². The fourth-order valence-corrected chi connectivity index (χ4v) is 5.45. The molecule has 2 fully saturated rings. The molecule has 2 aliphatic carbocycles. The van der Waals surface area contributed by atoms with Crippen molar-refractivity contribution in [2.45, 2.75) is 83.7 Å². The van der Waals surface area contributed by atoms with Crippen molar-refractivity contribution in [1.29, 1.82) is 0 Å². The second-order valence-corrected chi connectivity index (χ2v) is 9.07. The molecule has 154 valence electrons. The third kappa shape index (κ3) is 6.34. The maximum Gasteiger partial charge on any atom is 0.0717 e. The van der Waals surface area contributed by atoms with Gasteiger partial charge < -0.3 is 4.74 Å². The molecule has 0 aliphatic heterocycles. The Labute approximate surface area is 173 Å². The Bertz CT molecular complexity index is 583. The van der Waals surface area contributed by atoms with Crippen molar-refractivity contribution >= 4 is 0 Å². The molecular formula is C27H40O. The van der Waals surface area contributed by atoms with E-state index < -0.39 is 0 Å². The van der Waals surface area contributed by atoms with Crippen LogP contribution in [0.2, 0.25) is 0 Å². The van der Waals surface area contributed by atoms with Crippen LogP contribution in [0.3, 0.4) is 0 Å². The zero-order valence-corrected chi connectivity index (χ0v) is 18.0. The van der Waals surface area contributed by atoms with Gasteiger partial charge in [-0.1, -0.05) is 42.5 Å². The van der Waals surface area contributed by atoms with E-state index in [1.54, 1.807) is 5.56 Å². The van der Waals surface area contributed by atoms with E-state index in [9.17, 15) is 0 Å². The molecule has 1 aromatic rings. The maximum atomic E-state index is 5.75. The van der Waals surface area contributed by atoms with Crippen LogP contribution >= 0.6 is 0 Å². The van der Waals surface area contributed by atoms with Crippen molar-refractivity contribution in [2.75, 3.05) is 6.61 Å². The van der Waals surface area contributed by atoms with E-state index in [1.807, 2.05) is 0 Å². The Kier molecular flexibility index (Phi) is 8.86. The predicted octanol–water partition coefficient (Wildman–Crippen LogP) is 7.83. The summed E-state index contributed by atoms with van der Waals surface area (Å²) in [5.74, 6) is 3.70. The van der Waals surface area contributed by atoms with Crippen molar-refractivity contribution in [1.82, 2.24) is 0 Å². The molecule has 1 heteroatoms. The molecule has 0 saturated heterocycles. The third-order valence-electron chi connectivity index (χ3n) is 7.21. The molecule has 0 bridgehead atoms. The van der Waals surface area contributed by atoms with Gasteiger partial charge in [0.05, 0.1) is 13.2 Å². The van der Waals surface area contributed by atoms with Gasteiger partial charge in [-0.15, -0.1) is 6.58 Å². The summed E-state index contributed by atoms with van der Waals surface area (Å²) in [6.45, 7) is 7.52. The van der Waals surface area contributed by atoms with Crippen LogP contribution < -0.4 is 0 Å². The number of ether oxygens (including phenoxy) is 1. The molecule has 2 aliphatic rings. The fourth-order valence-electron chi connectivity index (χ4n) is 5.45. The minimum atomic E-state index is 0.735. The standard InChI is InChI=1S/C27H40O/c1-3-5-6-20-28-21-23-10-14-25(15-11-23)27-18-16-26(17-19-27)24-12-8-22(7-4-2)9-13-24/h3-5,10-11,14-15,22,24,26-27H,2,6-9,12-13,16-21H2,1H3/b5-3+/t22-,24-,26?,27?. The highest BCUT2D eigenvalue weighted by Gasteiger charge is 2.30. The highest BCUT2D eigenvalue weighted by Crippen LogP contribution is 2.44. The lowest BCUT2D eigenvalue weighted by Crippen LogP contribution is -2.25. The van der Waals surface area contributed by atoms with Crippen LogP contribution in [-0.4, -0.2) is 6.61 Å². The molecule has 0 aromatic heterocycles. The van der Waals surface area contributed by atoms with Gasteiger partial charge in [-0.3, -0.25) is 0 Å². The highest BCUT2D eigenvalue weighted by molar-refractivity contribution is 5.25. The van der Waals surface area contributed by atoms with E-state index in [2.05, 4.69) is 56.0 Å². The molecule has 1 nitrogen and oxygen atoms in total. The van der Waals surface area contributed by atoms with Gasteiger partial charge in [0.2, 0.25) is 0 Å². The SMILES string of the molecule is C=CC[C@H]1CC[C@H](C2CCC(c3ccc(COCC/C=C/C)cc3)CC2)CC1. The summed E-state index contributed by atoms with van der Waals surface area (Å²) in [6.07, 6.45) is 20.1. The van der Waals surface area contributed by atoms with E-state index in [4.69, 9.17) is 4.74 Å². The quantitative estimate of drug-likeness (QED) is 0.313. The lowest BCUT2D eigenvalue weighted by Gasteiger charge is -2.38. The van der Waals surface area contributed by atoms with E-state index in [0.29, 0.717) is 0 Å². The van der Waals surface area contributed by atoms with Gasteiger partial charge in [0.1, 0.15) is 0 Å². The Balaban J connectivity index is 1.39. The van der Waals surface area contributed by atoms with Crippen LogP contribution in [0.5, 0.6) is 0 Å². The minimum absolute atomic E-state index is 0.735. The first-order chi connectivity index (χ1) is 13.8. The number of hydrogen-bond acceptors (Lipinski definition) is 1. The summed E-state index contributed by atoms with van der Waals surface area (Å²) in [4.78, 5) is 0. The van der Waals surface area contributed by atoms with Crippen LogP contribution in [-0.2, 0) is 11.3 Å². The van der Waals surface area contributed by atoms with Gasteiger partial charge >= 0.3 is 0 Å². The van der Waals surface area contributed by atoms with E-state index in [1.165, 1.54) is 63.4 Å². The Morgan fingerprint density at radius 2 is 1.57 bits per heavy atom. The first kappa shape index (κ1) is 21.4. The van der Waals surface area contributed by atoms with Gasteiger partial charge in [0.25, 0.3) is 0 Å². The smallest absolute Gasteiger partial charge is 0.0717 e. The number of allylic oxidation sites excluding steroid dienone is 2. The second-order valence-electron chi connectivity index (χ2n) is 9.07. The Morgan fingerprint density at radius 3 is 2.18 bits per heavy atom. The van der Waals surface area contributed by atoms with Gasteiger partial charge in [-0.25, -0.2) is 0 Å². The molecule has 0 N–H and O–H groups in total. The van der Waals surface area contributed by atoms with Crippen LogP contribution in [0.25, 0.3) is 0 Å². The zero-order chi connectivity index (χ0) is 19.6. The second kappa shape index (κ2) is 11.6. The molecule has 1 aromatic carbocycles. The van der Waals surface area contributed by atoms with Crippen LogP contribution in [0.1, 0.15) is 88.2 Å². The molecule has 0 amide bonds. The van der Waals surface area contributed by atoms with Crippen LogP contribution in [0.4, 0.5) is 0 Å². The summed E-state index contributed by atoms with van der Waals surface area (Å²) >= 11 is 0. The number of hydrogen-bond donors (Lipinski definition) is 0. The number of benzene rings is 1.